The van der Waals surface area contributed by atoms with Gasteiger partial charge in [0.15, 0.2) is 17.5 Å². The highest BCUT2D eigenvalue weighted by molar-refractivity contribution is 5.94. The van der Waals surface area contributed by atoms with Crippen LogP contribution in [-0.2, 0) is 4.79 Å². The highest BCUT2D eigenvalue weighted by atomic mass is 16.5. The van der Waals surface area contributed by atoms with Gasteiger partial charge in [0.25, 0.3) is 0 Å². The summed E-state index contributed by atoms with van der Waals surface area (Å²) in [5.41, 5.74) is 7.64. The number of rotatable bonds is 4. The van der Waals surface area contributed by atoms with Crippen LogP contribution in [0.4, 0.5) is 5.69 Å². The molecule has 0 saturated heterocycles. The lowest BCUT2D eigenvalue weighted by Crippen LogP contribution is -2.34. The zero-order valence-electron chi connectivity index (χ0n) is 16.0. The first-order valence-corrected chi connectivity index (χ1v) is 9.67. The number of carbonyl (C=O) groups excluding carboxylic acids is 1. The molecule has 0 radical (unpaired) electrons. The van der Waals surface area contributed by atoms with Crippen molar-refractivity contribution in [2.75, 3.05) is 31.7 Å². The van der Waals surface area contributed by atoms with Crippen LogP contribution in [0, 0.1) is 0 Å². The van der Waals surface area contributed by atoms with Gasteiger partial charge in [0.2, 0.25) is 5.91 Å². The fourth-order valence-electron chi connectivity index (χ4n) is 3.32. The first-order valence-electron chi connectivity index (χ1n) is 9.67. The zero-order valence-corrected chi connectivity index (χ0v) is 16.0. The summed E-state index contributed by atoms with van der Waals surface area (Å²) < 4.78 is 16.9. The van der Waals surface area contributed by atoms with Gasteiger partial charge in [-0.25, -0.2) is 4.99 Å². The minimum absolute atomic E-state index is 0.0666. The van der Waals surface area contributed by atoms with Crippen LogP contribution in [-0.4, -0.2) is 38.2 Å². The molecule has 152 valence electrons. The van der Waals surface area contributed by atoms with Gasteiger partial charge in [0.05, 0.1) is 25.9 Å². The summed E-state index contributed by atoms with van der Waals surface area (Å²) in [6, 6.07) is 13.1. The van der Waals surface area contributed by atoms with Crippen LogP contribution in [0.15, 0.2) is 47.5 Å². The normalized spacial score (nSPS) is 18.1. The van der Waals surface area contributed by atoms with Gasteiger partial charge in [-0.3, -0.25) is 4.79 Å². The van der Waals surface area contributed by atoms with E-state index in [9.17, 15) is 4.79 Å². The monoisotopic (exact) mass is 396 g/mol. The maximum absolute atomic E-state index is 12.3. The smallest absolute Gasteiger partial charge is 0.242 e. The molecule has 8 heteroatoms. The number of guanidine groups is 1. The molecular formula is C21H24N4O4. The minimum atomic E-state index is -0.199. The highest BCUT2D eigenvalue weighted by Gasteiger charge is 2.22. The van der Waals surface area contributed by atoms with E-state index in [-0.39, 0.29) is 24.5 Å². The number of nitrogens with two attached hydrogens (primary N) is 1. The number of nitrogens with one attached hydrogen (secondary N) is 2. The van der Waals surface area contributed by atoms with Crippen LogP contribution in [0.5, 0.6) is 17.2 Å². The quantitative estimate of drug-likeness (QED) is 0.540. The van der Waals surface area contributed by atoms with Crippen molar-refractivity contribution in [2.24, 2.45) is 10.7 Å². The molecule has 0 spiro atoms. The predicted molar refractivity (Wildman–Crippen MR) is 110 cm³/mol. The van der Waals surface area contributed by atoms with Gasteiger partial charge in [0.1, 0.15) is 12.3 Å². The summed E-state index contributed by atoms with van der Waals surface area (Å²) in [5, 5.41) is 5.98. The van der Waals surface area contributed by atoms with Crippen LogP contribution in [0.1, 0.15) is 24.4 Å². The van der Waals surface area contributed by atoms with Crippen molar-refractivity contribution >= 4 is 17.6 Å². The van der Waals surface area contributed by atoms with E-state index in [0.717, 1.165) is 24.2 Å². The molecule has 0 bridgehead atoms. The van der Waals surface area contributed by atoms with Crippen LogP contribution in [0.3, 0.4) is 0 Å². The number of nitrogens with zero attached hydrogens (tertiary/aromatic N) is 1. The summed E-state index contributed by atoms with van der Waals surface area (Å²) in [5.74, 6) is 2.14. The molecule has 0 saturated carbocycles. The summed E-state index contributed by atoms with van der Waals surface area (Å²) in [6.45, 7) is 1.74. The molecular weight excluding hydrogens is 372 g/mol. The summed E-state index contributed by atoms with van der Waals surface area (Å²) in [6.07, 6.45) is 1.56. The molecule has 1 atom stereocenters. The Morgan fingerprint density at radius 3 is 2.72 bits per heavy atom. The topological polar surface area (TPSA) is 107 Å². The predicted octanol–water partition coefficient (Wildman–Crippen LogP) is 2.21. The number of hydrogen-bond acceptors (Lipinski definition) is 5. The Bertz CT molecular complexity index is 915. The van der Waals surface area contributed by atoms with Crippen LogP contribution < -0.4 is 30.6 Å². The van der Waals surface area contributed by atoms with Crippen molar-refractivity contribution in [3.8, 4) is 17.2 Å². The first-order chi connectivity index (χ1) is 14.2. The standard InChI is InChI=1S/C21H24N4O4/c22-21(24-14-6-7-18-19(12-14)28-10-3-9-27-18)23-13-20(26)25-16-8-11-29-17-5-2-1-4-15(16)17/h1-2,4-7,12,16H,3,8-11,13H2,(H,25,26)(H3,22,23,24). The second kappa shape index (κ2) is 8.72. The van der Waals surface area contributed by atoms with E-state index in [0.29, 0.717) is 37.0 Å². The molecule has 0 aliphatic carbocycles. The Labute approximate surface area is 169 Å². The van der Waals surface area contributed by atoms with Crippen molar-refractivity contribution in [3.05, 3.63) is 48.0 Å². The van der Waals surface area contributed by atoms with E-state index in [2.05, 4.69) is 15.6 Å². The highest BCUT2D eigenvalue weighted by Crippen LogP contribution is 2.32. The van der Waals surface area contributed by atoms with Crippen molar-refractivity contribution in [2.45, 2.75) is 18.9 Å². The second-order valence-corrected chi connectivity index (χ2v) is 6.83. The average Bonchev–Trinajstić information content (AvgIpc) is 2.98. The Morgan fingerprint density at radius 1 is 1.03 bits per heavy atom. The van der Waals surface area contributed by atoms with Crippen molar-refractivity contribution in [1.29, 1.82) is 0 Å². The van der Waals surface area contributed by atoms with E-state index in [1.165, 1.54) is 0 Å². The van der Waals surface area contributed by atoms with Gasteiger partial charge in [-0.1, -0.05) is 18.2 Å². The van der Waals surface area contributed by atoms with Gasteiger partial charge in [0, 0.05) is 30.2 Å². The Morgan fingerprint density at radius 2 is 1.83 bits per heavy atom. The molecule has 1 unspecified atom stereocenters. The number of hydrogen-bond donors (Lipinski definition) is 3. The lowest BCUT2D eigenvalue weighted by molar-refractivity contribution is -0.120. The van der Waals surface area contributed by atoms with Crippen molar-refractivity contribution in [3.63, 3.8) is 0 Å². The van der Waals surface area contributed by atoms with E-state index in [1.54, 1.807) is 0 Å². The van der Waals surface area contributed by atoms with Crippen molar-refractivity contribution in [1.82, 2.24) is 5.32 Å². The van der Waals surface area contributed by atoms with Gasteiger partial charge >= 0.3 is 0 Å². The molecule has 2 aliphatic rings. The fourth-order valence-corrected chi connectivity index (χ4v) is 3.32. The molecule has 2 aromatic rings. The summed E-state index contributed by atoms with van der Waals surface area (Å²) in [4.78, 5) is 16.5. The minimum Gasteiger partial charge on any atom is -0.493 e. The van der Waals surface area contributed by atoms with Gasteiger partial charge in [-0.2, -0.15) is 0 Å². The molecule has 2 heterocycles. The largest absolute Gasteiger partial charge is 0.493 e. The first kappa shape index (κ1) is 18.9. The Balaban J connectivity index is 1.33. The van der Waals surface area contributed by atoms with Crippen LogP contribution in [0.25, 0.3) is 0 Å². The number of amides is 1. The molecule has 0 aromatic heterocycles. The molecule has 4 N–H and O–H groups in total. The van der Waals surface area contributed by atoms with E-state index in [1.807, 2.05) is 42.5 Å². The second-order valence-electron chi connectivity index (χ2n) is 6.83. The molecule has 1 amide bonds. The third-order valence-electron chi connectivity index (χ3n) is 4.71. The third kappa shape index (κ3) is 4.71. The van der Waals surface area contributed by atoms with Gasteiger partial charge in [-0.15, -0.1) is 0 Å². The average molecular weight is 396 g/mol. The number of fused-ring (bicyclic) bond motifs is 2. The van der Waals surface area contributed by atoms with E-state index in [4.69, 9.17) is 19.9 Å². The maximum Gasteiger partial charge on any atom is 0.242 e. The number of anilines is 1. The number of benzene rings is 2. The lowest BCUT2D eigenvalue weighted by Gasteiger charge is -2.26. The number of carbonyl (C=O) groups is 1. The Kier molecular flexibility index (Phi) is 5.69. The van der Waals surface area contributed by atoms with Gasteiger partial charge < -0.3 is 30.6 Å². The summed E-state index contributed by atoms with van der Waals surface area (Å²) in [7, 11) is 0. The molecule has 4 rings (SSSR count). The molecule has 8 nitrogen and oxygen atoms in total. The van der Waals surface area contributed by atoms with Crippen LogP contribution >= 0.6 is 0 Å². The van der Waals surface area contributed by atoms with Gasteiger partial charge in [-0.05, 0) is 18.2 Å². The van der Waals surface area contributed by atoms with E-state index < -0.39 is 0 Å². The number of para-hydroxylation sites is 1. The Hall–Kier alpha value is -3.42. The lowest BCUT2D eigenvalue weighted by atomic mass is 10.0. The van der Waals surface area contributed by atoms with E-state index >= 15 is 0 Å². The zero-order chi connectivity index (χ0) is 20.1. The molecule has 0 fully saturated rings. The SMILES string of the molecule is NC(=NCC(=O)NC1CCOc2ccccc21)Nc1ccc2c(c1)OCCCO2. The number of aliphatic imine (C=N–C) groups is 1. The fraction of sp³-hybridized carbons (Fsp3) is 0.333. The molecule has 2 aliphatic heterocycles. The maximum atomic E-state index is 12.3. The number of ether oxygens (including phenoxy) is 3. The van der Waals surface area contributed by atoms with Crippen LogP contribution in [0.2, 0.25) is 0 Å². The van der Waals surface area contributed by atoms with Crippen molar-refractivity contribution < 1.29 is 19.0 Å². The third-order valence-corrected chi connectivity index (χ3v) is 4.71. The molecule has 29 heavy (non-hydrogen) atoms. The summed E-state index contributed by atoms with van der Waals surface area (Å²) >= 11 is 0. The molecule has 2 aromatic carbocycles.